The number of carbonyl (C=O) groups excluding carboxylic acids is 1. The molecule has 0 aliphatic carbocycles. The van der Waals surface area contributed by atoms with E-state index in [-0.39, 0.29) is 5.97 Å². The minimum absolute atomic E-state index is 0.322. The highest BCUT2D eigenvalue weighted by atomic mass is 32.1. The van der Waals surface area contributed by atoms with Crippen molar-refractivity contribution in [2.75, 3.05) is 49.7 Å². The van der Waals surface area contributed by atoms with Crippen molar-refractivity contribution in [1.82, 2.24) is 9.97 Å². The van der Waals surface area contributed by atoms with Crippen molar-refractivity contribution in [3.05, 3.63) is 41.5 Å². The fourth-order valence-corrected chi connectivity index (χ4v) is 4.38. The van der Waals surface area contributed by atoms with Crippen LogP contribution >= 0.6 is 11.3 Å². The standard InChI is InChI=1S/C20H22N4O3S/c1-3-27-20(25)14-12-28-19-17(14)18(21-13-22-19)24-10-8-23(9-11-24)15-6-4-5-7-16(15)26-2/h4-7,12-13H,3,8-11H2,1-2H3. The lowest BCUT2D eigenvalue weighted by Gasteiger charge is -2.37. The highest BCUT2D eigenvalue weighted by Gasteiger charge is 2.25. The monoisotopic (exact) mass is 398 g/mol. The number of fused-ring (bicyclic) bond motifs is 1. The normalized spacial score (nSPS) is 14.4. The van der Waals surface area contributed by atoms with E-state index in [2.05, 4.69) is 25.8 Å². The summed E-state index contributed by atoms with van der Waals surface area (Å²) in [6.45, 7) is 5.41. The molecule has 1 fully saturated rings. The van der Waals surface area contributed by atoms with Gasteiger partial charge in [0.2, 0.25) is 0 Å². The Kier molecular flexibility index (Phi) is 5.29. The molecular formula is C20H22N4O3S. The number of hydrogen-bond acceptors (Lipinski definition) is 8. The number of methoxy groups -OCH3 is 1. The topological polar surface area (TPSA) is 67.8 Å². The predicted molar refractivity (Wildman–Crippen MR) is 111 cm³/mol. The molecule has 4 rings (SSSR count). The summed E-state index contributed by atoms with van der Waals surface area (Å²) in [6, 6.07) is 8.06. The van der Waals surface area contributed by atoms with Gasteiger partial charge in [-0.25, -0.2) is 14.8 Å². The molecule has 0 saturated carbocycles. The molecular weight excluding hydrogens is 376 g/mol. The summed E-state index contributed by atoms with van der Waals surface area (Å²) in [4.78, 5) is 26.5. The summed E-state index contributed by atoms with van der Waals surface area (Å²) in [5.41, 5.74) is 1.64. The second kappa shape index (κ2) is 8.02. The van der Waals surface area contributed by atoms with Gasteiger partial charge < -0.3 is 19.3 Å². The van der Waals surface area contributed by atoms with E-state index in [0.717, 1.165) is 53.7 Å². The van der Waals surface area contributed by atoms with Crippen LogP contribution in [0.15, 0.2) is 36.0 Å². The molecule has 0 bridgehead atoms. The summed E-state index contributed by atoms with van der Waals surface area (Å²) in [5, 5.41) is 2.60. The number of rotatable bonds is 5. The molecule has 1 aromatic carbocycles. The van der Waals surface area contributed by atoms with Crippen molar-refractivity contribution >= 4 is 39.0 Å². The molecule has 0 radical (unpaired) electrons. The van der Waals surface area contributed by atoms with Crippen molar-refractivity contribution in [2.24, 2.45) is 0 Å². The largest absolute Gasteiger partial charge is 0.495 e. The molecule has 3 heterocycles. The zero-order valence-corrected chi connectivity index (χ0v) is 16.7. The molecule has 0 N–H and O–H groups in total. The first-order valence-corrected chi connectivity index (χ1v) is 10.1. The molecule has 0 spiro atoms. The van der Waals surface area contributed by atoms with E-state index in [0.29, 0.717) is 12.2 Å². The molecule has 146 valence electrons. The molecule has 1 saturated heterocycles. The Hall–Kier alpha value is -2.87. The summed E-state index contributed by atoms with van der Waals surface area (Å²) in [7, 11) is 1.69. The maximum absolute atomic E-state index is 12.4. The number of thiophene rings is 1. The zero-order chi connectivity index (χ0) is 19.5. The first-order chi connectivity index (χ1) is 13.7. The van der Waals surface area contributed by atoms with E-state index in [4.69, 9.17) is 9.47 Å². The molecule has 2 aromatic heterocycles. The molecule has 3 aromatic rings. The third-order valence-electron chi connectivity index (χ3n) is 4.85. The third-order valence-corrected chi connectivity index (χ3v) is 5.74. The van der Waals surface area contributed by atoms with Crippen molar-refractivity contribution < 1.29 is 14.3 Å². The average Bonchev–Trinajstić information content (AvgIpc) is 3.18. The number of aromatic nitrogens is 2. The van der Waals surface area contributed by atoms with Gasteiger partial charge in [-0.1, -0.05) is 12.1 Å². The number of esters is 1. The molecule has 28 heavy (non-hydrogen) atoms. The lowest BCUT2D eigenvalue weighted by atomic mass is 10.2. The second-order valence-electron chi connectivity index (χ2n) is 6.39. The van der Waals surface area contributed by atoms with E-state index in [1.165, 1.54) is 11.3 Å². The number of anilines is 2. The molecule has 7 nitrogen and oxygen atoms in total. The van der Waals surface area contributed by atoms with Gasteiger partial charge in [0.15, 0.2) is 0 Å². The van der Waals surface area contributed by atoms with E-state index in [9.17, 15) is 4.79 Å². The molecule has 0 unspecified atom stereocenters. The Morgan fingerprint density at radius 2 is 1.89 bits per heavy atom. The van der Waals surface area contributed by atoms with Crippen molar-refractivity contribution in [2.45, 2.75) is 6.92 Å². The van der Waals surface area contributed by atoms with Crippen LogP contribution < -0.4 is 14.5 Å². The first-order valence-electron chi connectivity index (χ1n) is 9.25. The van der Waals surface area contributed by atoms with Crippen LogP contribution in [-0.4, -0.2) is 55.8 Å². The summed E-state index contributed by atoms with van der Waals surface area (Å²) in [6.07, 6.45) is 1.57. The first kappa shape index (κ1) is 18.5. The Balaban J connectivity index is 1.59. The van der Waals surface area contributed by atoms with E-state index >= 15 is 0 Å². The molecule has 0 atom stereocenters. The van der Waals surface area contributed by atoms with Crippen molar-refractivity contribution in [1.29, 1.82) is 0 Å². The third kappa shape index (κ3) is 3.35. The van der Waals surface area contributed by atoms with Crippen LogP contribution in [0.5, 0.6) is 5.75 Å². The van der Waals surface area contributed by atoms with Gasteiger partial charge in [0.25, 0.3) is 0 Å². The van der Waals surface area contributed by atoms with Crippen LogP contribution in [0.4, 0.5) is 11.5 Å². The molecule has 8 heteroatoms. The summed E-state index contributed by atoms with van der Waals surface area (Å²) in [5.74, 6) is 1.36. The summed E-state index contributed by atoms with van der Waals surface area (Å²) < 4.78 is 10.7. The van der Waals surface area contributed by atoms with Gasteiger partial charge in [-0.15, -0.1) is 11.3 Å². The van der Waals surface area contributed by atoms with Gasteiger partial charge in [-0.05, 0) is 19.1 Å². The minimum atomic E-state index is -0.322. The number of para-hydroxylation sites is 2. The zero-order valence-electron chi connectivity index (χ0n) is 15.9. The average molecular weight is 398 g/mol. The molecule has 1 aliphatic heterocycles. The van der Waals surface area contributed by atoms with Crippen molar-refractivity contribution in [3.63, 3.8) is 0 Å². The van der Waals surface area contributed by atoms with Crippen LogP contribution in [0.1, 0.15) is 17.3 Å². The Morgan fingerprint density at radius 3 is 2.64 bits per heavy atom. The van der Waals surface area contributed by atoms with Gasteiger partial charge in [0.1, 0.15) is 22.7 Å². The summed E-state index contributed by atoms with van der Waals surface area (Å²) >= 11 is 1.44. The molecule has 0 amide bonds. The minimum Gasteiger partial charge on any atom is -0.495 e. The number of piperazine rings is 1. The van der Waals surface area contributed by atoms with Crippen LogP contribution in [0.2, 0.25) is 0 Å². The van der Waals surface area contributed by atoms with E-state index in [1.54, 1.807) is 20.4 Å². The lowest BCUT2D eigenvalue weighted by molar-refractivity contribution is 0.0529. The number of carbonyl (C=O) groups is 1. The number of ether oxygens (including phenoxy) is 2. The fraction of sp³-hybridized carbons (Fsp3) is 0.350. The lowest BCUT2D eigenvalue weighted by Crippen LogP contribution is -2.47. The molecule has 1 aliphatic rings. The van der Waals surface area contributed by atoms with Crippen LogP contribution in [0, 0.1) is 0 Å². The van der Waals surface area contributed by atoms with Crippen LogP contribution in [0.25, 0.3) is 10.2 Å². The maximum atomic E-state index is 12.4. The van der Waals surface area contributed by atoms with Crippen molar-refractivity contribution in [3.8, 4) is 5.75 Å². The predicted octanol–water partition coefficient (Wildman–Crippen LogP) is 3.20. The van der Waals surface area contributed by atoms with Gasteiger partial charge in [-0.2, -0.15) is 0 Å². The Bertz CT molecular complexity index is 982. The van der Waals surface area contributed by atoms with E-state index in [1.807, 2.05) is 23.6 Å². The Labute approximate surface area is 167 Å². The number of benzene rings is 1. The van der Waals surface area contributed by atoms with Crippen LogP contribution in [-0.2, 0) is 4.74 Å². The van der Waals surface area contributed by atoms with Gasteiger partial charge in [-0.3, -0.25) is 0 Å². The van der Waals surface area contributed by atoms with Gasteiger partial charge in [0.05, 0.1) is 30.4 Å². The van der Waals surface area contributed by atoms with Gasteiger partial charge >= 0.3 is 5.97 Å². The fourth-order valence-electron chi connectivity index (χ4n) is 3.51. The smallest absolute Gasteiger partial charge is 0.339 e. The Morgan fingerprint density at radius 1 is 1.14 bits per heavy atom. The SMILES string of the molecule is CCOC(=O)c1csc2ncnc(N3CCN(c4ccccc4OC)CC3)c12. The van der Waals surface area contributed by atoms with E-state index < -0.39 is 0 Å². The highest BCUT2D eigenvalue weighted by Crippen LogP contribution is 2.34. The van der Waals surface area contributed by atoms with Crippen LogP contribution in [0.3, 0.4) is 0 Å². The highest BCUT2D eigenvalue weighted by molar-refractivity contribution is 7.17. The maximum Gasteiger partial charge on any atom is 0.339 e. The second-order valence-corrected chi connectivity index (χ2v) is 7.25. The number of hydrogen-bond donors (Lipinski definition) is 0. The quantitative estimate of drug-likeness (QED) is 0.611. The number of nitrogens with zero attached hydrogens (tertiary/aromatic N) is 4. The van der Waals surface area contributed by atoms with Gasteiger partial charge in [0, 0.05) is 31.6 Å².